The molecule has 7 heavy (non-hydrogen) atoms. The fourth-order valence-corrected chi connectivity index (χ4v) is 0.612. The van der Waals surface area contributed by atoms with Crippen molar-refractivity contribution in [2.24, 2.45) is 0 Å². The monoisotopic (exact) mass is 119 g/mol. The second-order valence-electron chi connectivity index (χ2n) is 1.62. The highest BCUT2D eigenvalue weighted by Gasteiger charge is 1.79. The van der Waals surface area contributed by atoms with E-state index in [0.717, 1.165) is 6.54 Å². The lowest BCUT2D eigenvalue weighted by atomic mass is 10.3. The van der Waals surface area contributed by atoms with Crippen molar-refractivity contribution < 1.29 is 0 Å². The van der Waals surface area contributed by atoms with Gasteiger partial charge in [0.15, 0.2) is 0 Å². The number of hydrogen-bond donors (Lipinski definition) is 2. The van der Waals surface area contributed by atoms with E-state index in [0.29, 0.717) is 0 Å². The van der Waals surface area contributed by atoms with Gasteiger partial charge in [0.05, 0.1) is 0 Å². The van der Waals surface area contributed by atoms with Crippen molar-refractivity contribution in [2.45, 2.75) is 26.2 Å². The lowest BCUT2D eigenvalue weighted by molar-refractivity contribution is 0.710. The molecule has 0 amide bonds. The summed E-state index contributed by atoms with van der Waals surface area (Å²) < 4.78 is 2.80. The molecule has 0 fully saturated rings. The van der Waals surface area contributed by atoms with Crippen LogP contribution in [-0.2, 0) is 0 Å². The Balaban J connectivity index is 2.45. The molecule has 1 N–H and O–H groups in total. The van der Waals surface area contributed by atoms with Gasteiger partial charge in [0, 0.05) is 6.54 Å². The van der Waals surface area contributed by atoms with Crippen molar-refractivity contribution in [3.63, 3.8) is 0 Å². The van der Waals surface area contributed by atoms with Gasteiger partial charge in [0.1, 0.15) is 0 Å². The van der Waals surface area contributed by atoms with Gasteiger partial charge in [-0.05, 0) is 6.42 Å². The second kappa shape index (κ2) is 6.31. The maximum Gasteiger partial charge on any atom is 0.00561 e. The summed E-state index contributed by atoms with van der Waals surface area (Å²) in [6.07, 6.45) is 3.85. The third kappa shape index (κ3) is 6.31. The smallest absolute Gasteiger partial charge is 0.00561 e. The van der Waals surface area contributed by atoms with Gasteiger partial charge >= 0.3 is 0 Å². The van der Waals surface area contributed by atoms with Crippen LogP contribution in [0, 0.1) is 0 Å². The van der Waals surface area contributed by atoms with Crippen molar-refractivity contribution in [2.75, 3.05) is 6.54 Å². The van der Waals surface area contributed by atoms with Crippen molar-refractivity contribution in [3.05, 3.63) is 0 Å². The molecule has 0 aliphatic rings. The Hall–Kier alpha value is 0.310. The predicted octanol–water partition coefficient (Wildman–Crippen LogP) is 1.61. The molecule has 0 rings (SSSR count). The Morgan fingerprint density at radius 1 is 1.43 bits per heavy atom. The van der Waals surface area contributed by atoms with Gasteiger partial charge in [-0.2, -0.15) is 0 Å². The molecular weight excluding hydrogens is 106 g/mol. The first-order valence-corrected chi connectivity index (χ1v) is 3.23. The highest BCUT2D eigenvalue weighted by molar-refractivity contribution is 7.78. The summed E-state index contributed by atoms with van der Waals surface area (Å²) >= 11 is 3.84. The molecule has 0 aromatic heterocycles. The van der Waals surface area contributed by atoms with Gasteiger partial charge in [-0.25, -0.2) is 0 Å². The molecule has 44 valence electrons. The minimum absolute atomic E-state index is 1.04. The summed E-state index contributed by atoms with van der Waals surface area (Å²) in [5.74, 6) is 0. The highest BCUT2D eigenvalue weighted by Crippen LogP contribution is 1.90. The van der Waals surface area contributed by atoms with Gasteiger partial charge in [-0.3, -0.25) is 4.72 Å². The van der Waals surface area contributed by atoms with Crippen molar-refractivity contribution in [1.29, 1.82) is 0 Å². The quantitative estimate of drug-likeness (QED) is 0.423. The van der Waals surface area contributed by atoms with E-state index in [9.17, 15) is 0 Å². The average Bonchev–Trinajstić information content (AvgIpc) is 1.69. The molecule has 0 aromatic rings. The van der Waals surface area contributed by atoms with E-state index in [2.05, 4.69) is 24.5 Å². The second-order valence-corrected chi connectivity index (χ2v) is 1.93. The van der Waals surface area contributed by atoms with Crippen LogP contribution in [0.15, 0.2) is 0 Å². The molecule has 0 heterocycles. The Morgan fingerprint density at radius 3 is 2.57 bits per heavy atom. The van der Waals surface area contributed by atoms with Crippen LogP contribution in [0.1, 0.15) is 26.2 Å². The third-order valence-corrected chi connectivity index (χ3v) is 1.12. The summed E-state index contributed by atoms with van der Waals surface area (Å²) in [5, 5.41) is 0. The Labute approximate surface area is 51.0 Å². The number of hydrogen-bond acceptors (Lipinski definition) is 2. The van der Waals surface area contributed by atoms with Crippen LogP contribution in [0.5, 0.6) is 0 Å². The lowest BCUT2D eigenvalue weighted by Gasteiger charge is -1.92. The summed E-state index contributed by atoms with van der Waals surface area (Å²) in [7, 11) is 0. The molecule has 2 heteroatoms. The molecule has 0 aliphatic carbocycles. The minimum Gasteiger partial charge on any atom is -0.267 e. The molecule has 0 aromatic carbocycles. The standard InChI is InChI=1S/C5H13NS/c1-2-3-4-5-6-7/h6-7H,2-5H2,1H3. The van der Waals surface area contributed by atoms with Crippen LogP contribution in [0.25, 0.3) is 0 Å². The average molecular weight is 119 g/mol. The Morgan fingerprint density at radius 2 is 2.14 bits per heavy atom. The van der Waals surface area contributed by atoms with Crippen molar-refractivity contribution in [3.8, 4) is 0 Å². The maximum absolute atomic E-state index is 3.84. The molecule has 0 atom stereocenters. The van der Waals surface area contributed by atoms with Crippen LogP contribution in [0.4, 0.5) is 0 Å². The van der Waals surface area contributed by atoms with Crippen LogP contribution >= 0.6 is 12.8 Å². The fraction of sp³-hybridized carbons (Fsp3) is 1.00. The summed E-state index contributed by atoms with van der Waals surface area (Å²) in [6, 6.07) is 0. The Kier molecular flexibility index (Phi) is 6.59. The summed E-state index contributed by atoms with van der Waals surface area (Å²) in [4.78, 5) is 0. The van der Waals surface area contributed by atoms with Gasteiger partial charge < -0.3 is 0 Å². The zero-order chi connectivity index (χ0) is 5.54. The summed E-state index contributed by atoms with van der Waals surface area (Å²) in [6.45, 7) is 3.23. The SMILES string of the molecule is CCCCCNS. The van der Waals surface area contributed by atoms with E-state index >= 15 is 0 Å². The summed E-state index contributed by atoms with van der Waals surface area (Å²) in [5.41, 5.74) is 0. The van der Waals surface area contributed by atoms with E-state index in [-0.39, 0.29) is 0 Å². The third-order valence-electron chi connectivity index (χ3n) is 0.892. The van der Waals surface area contributed by atoms with E-state index < -0.39 is 0 Å². The van der Waals surface area contributed by atoms with E-state index in [4.69, 9.17) is 0 Å². The molecule has 0 saturated carbocycles. The topological polar surface area (TPSA) is 12.0 Å². The largest absolute Gasteiger partial charge is 0.267 e. The van der Waals surface area contributed by atoms with E-state index in [1.54, 1.807) is 0 Å². The zero-order valence-corrected chi connectivity index (χ0v) is 5.67. The molecule has 0 saturated heterocycles. The number of nitrogens with one attached hydrogen (secondary N) is 1. The lowest BCUT2D eigenvalue weighted by Crippen LogP contribution is -1.99. The number of unbranched alkanes of at least 4 members (excludes halogenated alkanes) is 2. The molecule has 0 spiro atoms. The Bertz CT molecular complexity index is 27.3. The fourth-order valence-electron chi connectivity index (χ4n) is 0.454. The van der Waals surface area contributed by atoms with Gasteiger partial charge in [0.2, 0.25) is 0 Å². The van der Waals surface area contributed by atoms with Crippen LogP contribution in [0.2, 0.25) is 0 Å². The van der Waals surface area contributed by atoms with Crippen molar-refractivity contribution in [1.82, 2.24) is 4.72 Å². The van der Waals surface area contributed by atoms with Crippen LogP contribution < -0.4 is 4.72 Å². The van der Waals surface area contributed by atoms with Crippen molar-refractivity contribution >= 4 is 12.8 Å². The molecule has 0 bridgehead atoms. The highest BCUT2D eigenvalue weighted by atomic mass is 32.1. The first-order chi connectivity index (χ1) is 3.41. The molecule has 1 nitrogen and oxygen atoms in total. The normalized spacial score (nSPS) is 9.43. The van der Waals surface area contributed by atoms with Gasteiger partial charge in [-0.15, -0.1) is 0 Å². The maximum atomic E-state index is 3.84. The molecule has 0 radical (unpaired) electrons. The number of rotatable bonds is 4. The van der Waals surface area contributed by atoms with Gasteiger partial charge in [-0.1, -0.05) is 32.6 Å². The molecular formula is C5H13NS. The predicted molar refractivity (Wildman–Crippen MR) is 36.5 cm³/mol. The van der Waals surface area contributed by atoms with E-state index in [1.165, 1.54) is 19.3 Å². The number of thiol groups is 1. The molecule has 0 unspecified atom stereocenters. The zero-order valence-electron chi connectivity index (χ0n) is 4.78. The first kappa shape index (κ1) is 7.31. The minimum atomic E-state index is 1.04. The van der Waals surface area contributed by atoms with Gasteiger partial charge in [0.25, 0.3) is 0 Å². The molecule has 0 aliphatic heterocycles. The van der Waals surface area contributed by atoms with Crippen LogP contribution in [0.3, 0.4) is 0 Å². The first-order valence-electron chi connectivity index (χ1n) is 2.78. The van der Waals surface area contributed by atoms with E-state index in [1.807, 2.05) is 0 Å². The van der Waals surface area contributed by atoms with Crippen LogP contribution in [-0.4, -0.2) is 6.54 Å².